The Bertz CT molecular complexity index is 2380. The Morgan fingerprint density at radius 3 is 1.78 bits per heavy atom. The van der Waals surface area contributed by atoms with Crippen LogP contribution < -0.4 is 0 Å². The molecular formula is C42H29N3S. The van der Waals surface area contributed by atoms with Crippen molar-refractivity contribution in [3.8, 4) is 56.4 Å². The highest BCUT2D eigenvalue weighted by Crippen LogP contribution is 2.52. The second-order valence-corrected chi connectivity index (χ2v) is 13.5. The summed E-state index contributed by atoms with van der Waals surface area (Å²) in [4.78, 5) is 15.1. The molecule has 0 radical (unpaired) electrons. The maximum atomic E-state index is 5.09. The SMILES string of the molecule is CC1(C)c2ccccc2-c2cccc(-c3ccc4sc5cccc(-c6nc(-c7ccccc7)nc(-c7ccccc7)n6)c5c4c3)c21. The van der Waals surface area contributed by atoms with Gasteiger partial charge in [-0.25, -0.2) is 15.0 Å². The van der Waals surface area contributed by atoms with Crippen molar-refractivity contribution in [2.75, 3.05) is 0 Å². The van der Waals surface area contributed by atoms with Crippen LogP contribution in [0.15, 0.2) is 140 Å². The molecule has 4 heteroatoms. The van der Waals surface area contributed by atoms with Gasteiger partial charge in [-0.15, -0.1) is 11.3 Å². The molecule has 1 aliphatic rings. The smallest absolute Gasteiger partial charge is 0.164 e. The minimum Gasteiger partial charge on any atom is -0.208 e. The van der Waals surface area contributed by atoms with Crippen molar-refractivity contribution in [3.05, 3.63) is 151 Å². The molecule has 46 heavy (non-hydrogen) atoms. The molecule has 0 spiro atoms. The predicted molar refractivity (Wildman–Crippen MR) is 192 cm³/mol. The fraction of sp³-hybridized carbons (Fsp3) is 0.0714. The molecule has 6 aromatic carbocycles. The first-order chi connectivity index (χ1) is 22.6. The van der Waals surface area contributed by atoms with E-state index in [1.165, 1.54) is 53.6 Å². The van der Waals surface area contributed by atoms with E-state index < -0.39 is 0 Å². The fourth-order valence-corrected chi connectivity index (χ4v) is 8.31. The zero-order valence-electron chi connectivity index (χ0n) is 25.5. The standard InChI is InChI=1S/C42H29N3S/c1-42(2)34-21-10-9-17-30(34)31-19-11-18-29(38(31)42)28-23-24-35-33(25-28)37-32(20-12-22-36(37)46-35)41-44-39(26-13-5-3-6-14-26)43-40(45-41)27-15-7-4-8-16-27/h3-25H,1-2H3. The lowest BCUT2D eigenvalue weighted by Gasteiger charge is -2.24. The van der Waals surface area contributed by atoms with Gasteiger partial charge in [0.1, 0.15) is 0 Å². The first-order valence-corrected chi connectivity index (χ1v) is 16.4. The third-order valence-electron chi connectivity index (χ3n) is 9.33. The zero-order chi connectivity index (χ0) is 30.8. The average Bonchev–Trinajstić information content (AvgIpc) is 3.61. The molecule has 9 rings (SSSR count). The van der Waals surface area contributed by atoms with E-state index in [2.05, 4.69) is 117 Å². The van der Waals surface area contributed by atoms with Gasteiger partial charge in [0.25, 0.3) is 0 Å². The van der Waals surface area contributed by atoms with E-state index in [4.69, 9.17) is 15.0 Å². The molecule has 0 unspecified atom stereocenters. The number of hydrogen-bond donors (Lipinski definition) is 0. The Morgan fingerprint density at radius 2 is 1.04 bits per heavy atom. The number of rotatable bonds is 4. The van der Waals surface area contributed by atoms with E-state index in [1.807, 2.05) is 47.7 Å². The largest absolute Gasteiger partial charge is 0.208 e. The summed E-state index contributed by atoms with van der Waals surface area (Å²) in [5.41, 5.74) is 10.8. The Labute approximate surface area is 271 Å². The van der Waals surface area contributed by atoms with Crippen LogP contribution in [0.25, 0.3) is 76.6 Å². The van der Waals surface area contributed by atoms with Crippen LogP contribution in [0.5, 0.6) is 0 Å². The minimum atomic E-state index is -0.0914. The van der Waals surface area contributed by atoms with E-state index >= 15 is 0 Å². The van der Waals surface area contributed by atoms with Gasteiger partial charge in [0.15, 0.2) is 17.5 Å². The summed E-state index contributed by atoms with van der Waals surface area (Å²) >= 11 is 1.82. The molecule has 0 bridgehead atoms. The van der Waals surface area contributed by atoms with Crippen molar-refractivity contribution in [2.24, 2.45) is 0 Å². The van der Waals surface area contributed by atoms with Crippen LogP contribution >= 0.6 is 11.3 Å². The van der Waals surface area contributed by atoms with Gasteiger partial charge in [0.05, 0.1) is 0 Å². The van der Waals surface area contributed by atoms with E-state index in [9.17, 15) is 0 Å². The number of hydrogen-bond acceptors (Lipinski definition) is 4. The summed E-state index contributed by atoms with van der Waals surface area (Å²) in [6, 6.07) is 49.4. The second-order valence-electron chi connectivity index (χ2n) is 12.4. The zero-order valence-corrected chi connectivity index (χ0v) is 26.3. The summed E-state index contributed by atoms with van der Waals surface area (Å²) < 4.78 is 2.47. The molecule has 2 heterocycles. The van der Waals surface area contributed by atoms with Crippen LogP contribution in [0.2, 0.25) is 0 Å². The van der Waals surface area contributed by atoms with Crippen LogP contribution in [0.1, 0.15) is 25.0 Å². The van der Waals surface area contributed by atoms with Gasteiger partial charge in [-0.2, -0.15) is 0 Å². The number of thiophene rings is 1. The normalized spacial score (nSPS) is 13.2. The maximum Gasteiger partial charge on any atom is 0.164 e. The van der Waals surface area contributed by atoms with Crippen LogP contribution in [-0.4, -0.2) is 15.0 Å². The summed E-state index contributed by atoms with van der Waals surface area (Å²) in [5.74, 6) is 2.02. The Kier molecular flexibility index (Phi) is 6.02. The summed E-state index contributed by atoms with van der Waals surface area (Å²) in [6.45, 7) is 4.71. The lowest BCUT2D eigenvalue weighted by atomic mass is 9.79. The highest BCUT2D eigenvalue weighted by molar-refractivity contribution is 7.26. The molecular weight excluding hydrogens is 579 g/mol. The first kappa shape index (κ1) is 26.9. The van der Waals surface area contributed by atoms with Gasteiger partial charge >= 0.3 is 0 Å². The van der Waals surface area contributed by atoms with Crippen molar-refractivity contribution < 1.29 is 0 Å². The molecule has 0 aliphatic heterocycles. The van der Waals surface area contributed by atoms with E-state index in [1.54, 1.807) is 0 Å². The monoisotopic (exact) mass is 607 g/mol. The van der Waals surface area contributed by atoms with Gasteiger partial charge in [0.2, 0.25) is 0 Å². The predicted octanol–water partition coefficient (Wildman–Crippen LogP) is 11.2. The Balaban J connectivity index is 1.27. The average molecular weight is 608 g/mol. The Hall–Kier alpha value is -5.45. The van der Waals surface area contributed by atoms with E-state index in [0.717, 1.165) is 16.7 Å². The number of aromatic nitrogens is 3. The maximum absolute atomic E-state index is 5.09. The topological polar surface area (TPSA) is 38.7 Å². The third-order valence-corrected chi connectivity index (χ3v) is 10.5. The number of benzene rings is 6. The van der Waals surface area contributed by atoms with Gasteiger partial charge in [-0.3, -0.25) is 0 Å². The highest BCUT2D eigenvalue weighted by atomic mass is 32.1. The molecule has 218 valence electrons. The van der Waals surface area contributed by atoms with Crippen molar-refractivity contribution in [2.45, 2.75) is 19.3 Å². The minimum absolute atomic E-state index is 0.0914. The van der Waals surface area contributed by atoms with Crippen molar-refractivity contribution in [3.63, 3.8) is 0 Å². The molecule has 0 saturated carbocycles. The molecule has 0 fully saturated rings. The van der Waals surface area contributed by atoms with Crippen LogP contribution in [0.3, 0.4) is 0 Å². The molecule has 8 aromatic rings. The summed E-state index contributed by atoms with van der Waals surface area (Å²) in [6.07, 6.45) is 0. The van der Waals surface area contributed by atoms with E-state index in [-0.39, 0.29) is 5.41 Å². The van der Waals surface area contributed by atoms with Crippen LogP contribution in [0, 0.1) is 0 Å². The molecule has 0 N–H and O–H groups in total. The molecule has 0 amide bonds. The highest BCUT2D eigenvalue weighted by Gasteiger charge is 2.37. The van der Waals surface area contributed by atoms with Crippen LogP contribution in [-0.2, 0) is 5.41 Å². The van der Waals surface area contributed by atoms with Crippen LogP contribution in [0.4, 0.5) is 0 Å². The van der Waals surface area contributed by atoms with Gasteiger partial charge in [-0.05, 0) is 51.6 Å². The Morgan fingerprint density at radius 1 is 0.457 bits per heavy atom. The van der Waals surface area contributed by atoms with Gasteiger partial charge in [0, 0.05) is 42.3 Å². The number of fused-ring (bicyclic) bond motifs is 6. The van der Waals surface area contributed by atoms with Crippen molar-refractivity contribution >= 4 is 31.5 Å². The molecule has 3 nitrogen and oxygen atoms in total. The molecule has 2 aromatic heterocycles. The summed E-state index contributed by atoms with van der Waals surface area (Å²) in [5, 5.41) is 2.41. The third kappa shape index (κ3) is 4.14. The number of nitrogens with zero attached hydrogens (tertiary/aromatic N) is 3. The van der Waals surface area contributed by atoms with E-state index in [0.29, 0.717) is 17.5 Å². The lowest BCUT2D eigenvalue weighted by Crippen LogP contribution is -2.16. The lowest BCUT2D eigenvalue weighted by molar-refractivity contribution is 0.662. The van der Waals surface area contributed by atoms with Gasteiger partial charge in [-0.1, -0.05) is 135 Å². The molecule has 1 aliphatic carbocycles. The second kappa shape index (κ2) is 10.3. The first-order valence-electron chi connectivity index (χ1n) is 15.6. The molecule has 0 atom stereocenters. The van der Waals surface area contributed by atoms with Crippen molar-refractivity contribution in [1.82, 2.24) is 15.0 Å². The van der Waals surface area contributed by atoms with Gasteiger partial charge < -0.3 is 0 Å². The quantitative estimate of drug-likeness (QED) is 0.200. The summed E-state index contributed by atoms with van der Waals surface area (Å²) in [7, 11) is 0. The fourth-order valence-electron chi connectivity index (χ4n) is 7.20. The molecule has 0 saturated heterocycles. The van der Waals surface area contributed by atoms with Crippen molar-refractivity contribution in [1.29, 1.82) is 0 Å².